The van der Waals surface area contributed by atoms with Crippen LogP contribution in [0.15, 0.2) is 24.3 Å². The summed E-state index contributed by atoms with van der Waals surface area (Å²) in [6.45, 7) is 5.38. The molecule has 4 heteroatoms. The van der Waals surface area contributed by atoms with Gasteiger partial charge in [0.05, 0.1) is 12.8 Å². The van der Waals surface area contributed by atoms with Crippen molar-refractivity contribution in [2.75, 3.05) is 19.0 Å². The Kier molecular flexibility index (Phi) is 5.83. The fourth-order valence-electron chi connectivity index (χ4n) is 3.22. The summed E-state index contributed by atoms with van der Waals surface area (Å²) >= 11 is 0. The first-order valence-electron chi connectivity index (χ1n) is 8.16. The number of amides is 1. The molecule has 2 rings (SSSR count). The Hall–Kier alpha value is -1.55. The summed E-state index contributed by atoms with van der Waals surface area (Å²) in [6.07, 6.45) is 5.48. The van der Waals surface area contributed by atoms with Crippen LogP contribution in [0.5, 0.6) is 5.75 Å². The number of nitrogens with one attached hydrogen (secondary N) is 2. The molecule has 22 heavy (non-hydrogen) atoms. The van der Waals surface area contributed by atoms with Crippen LogP contribution in [0.2, 0.25) is 0 Å². The van der Waals surface area contributed by atoms with Gasteiger partial charge in [-0.3, -0.25) is 4.79 Å². The van der Waals surface area contributed by atoms with E-state index in [9.17, 15) is 4.79 Å². The lowest BCUT2D eigenvalue weighted by atomic mass is 9.75. The molecule has 0 saturated heterocycles. The number of ether oxygens (including phenoxy) is 1. The predicted molar refractivity (Wildman–Crippen MR) is 90.3 cm³/mol. The zero-order valence-corrected chi connectivity index (χ0v) is 13.9. The van der Waals surface area contributed by atoms with Crippen LogP contribution in [0.25, 0.3) is 0 Å². The summed E-state index contributed by atoms with van der Waals surface area (Å²) in [5.41, 5.74) is 1.16. The number of anilines is 1. The van der Waals surface area contributed by atoms with Crippen molar-refractivity contribution in [2.24, 2.45) is 5.41 Å². The number of rotatable bonds is 6. The van der Waals surface area contributed by atoms with E-state index in [1.165, 1.54) is 25.7 Å². The van der Waals surface area contributed by atoms with Crippen molar-refractivity contribution in [2.45, 2.75) is 52.0 Å². The molecular formula is C18H28N2O2. The molecule has 0 aliphatic heterocycles. The molecule has 1 unspecified atom stereocenters. The van der Waals surface area contributed by atoms with Crippen molar-refractivity contribution < 1.29 is 9.53 Å². The van der Waals surface area contributed by atoms with Gasteiger partial charge in [-0.1, -0.05) is 32.4 Å². The fraction of sp³-hybridized carbons (Fsp3) is 0.611. The third kappa shape index (κ3) is 5.02. The van der Waals surface area contributed by atoms with Gasteiger partial charge in [0.1, 0.15) is 5.75 Å². The van der Waals surface area contributed by atoms with E-state index in [0.29, 0.717) is 23.6 Å². The lowest BCUT2D eigenvalue weighted by Gasteiger charge is -2.35. The van der Waals surface area contributed by atoms with Crippen LogP contribution in [-0.4, -0.2) is 25.6 Å². The molecule has 0 heterocycles. The van der Waals surface area contributed by atoms with Crippen LogP contribution in [0.4, 0.5) is 5.69 Å². The normalized spacial score (nSPS) is 20.4. The van der Waals surface area contributed by atoms with Crippen molar-refractivity contribution in [3.05, 3.63) is 24.3 Å². The van der Waals surface area contributed by atoms with Crippen LogP contribution < -0.4 is 15.4 Å². The minimum Gasteiger partial charge on any atom is -0.495 e. The molecular weight excluding hydrogens is 276 g/mol. The average Bonchev–Trinajstić information content (AvgIpc) is 2.47. The van der Waals surface area contributed by atoms with Gasteiger partial charge in [-0.2, -0.15) is 0 Å². The highest BCUT2D eigenvalue weighted by Gasteiger charge is 2.27. The Morgan fingerprint density at radius 2 is 2.14 bits per heavy atom. The zero-order chi connectivity index (χ0) is 16.0. The van der Waals surface area contributed by atoms with Crippen molar-refractivity contribution in [3.8, 4) is 5.75 Å². The van der Waals surface area contributed by atoms with Crippen molar-refractivity contribution in [1.82, 2.24) is 5.32 Å². The van der Waals surface area contributed by atoms with E-state index in [1.807, 2.05) is 24.3 Å². The Morgan fingerprint density at radius 1 is 1.36 bits per heavy atom. The van der Waals surface area contributed by atoms with Gasteiger partial charge in [-0.15, -0.1) is 0 Å². The molecule has 1 aromatic carbocycles. The summed E-state index contributed by atoms with van der Waals surface area (Å²) in [5, 5.41) is 6.44. The summed E-state index contributed by atoms with van der Waals surface area (Å²) in [4.78, 5) is 12.0. The highest BCUT2D eigenvalue weighted by Crippen LogP contribution is 2.35. The Balaban J connectivity index is 1.74. The van der Waals surface area contributed by atoms with Gasteiger partial charge in [0.2, 0.25) is 5.91 Å². The molecule has 1 aliphatic rings. The van der Waals surface area contributed by atoms with E-state index < -0.39 is 0 Å². The molecule has 1 fully saturated rings. The average molecular weight is 304 g/mol. The van der Waals surface area contributed by atoms with E-state index in [1.54, 1.807) is 7.11 Å². The van der Waals surface area contributed by atoms with Crippen LogP contribution in [0, 0.1) is 5.41 Å². The quantitative estimate of drug-likeness (QED) is 0.844. The molecule has 1 saturated carbocycles. The lowest BCUT2D eigenvalue weighted by molar-refractivity contribution is -0.116. The summed E-state index contributed by atoms with van der Waals surface area (Å²) in [6, 6.07) is 8.02. The minimum atomic E-state index is 0.0204. The maximum Gasteiger partial charge on any atom is 0.225 e. The highest BCUT2D eigenvalue weighted by molar-refractivity contribution is 5.92. The second-order valence-electron chi connectivity index (χ2n) is 6.91. The van der Waals surface area contributed by atoms with Crippen LogP contribution in [0.1, 0.15) is 46.0 Å². The van der Waals surface area contributed by atoms with Gasteiger partial charge >= 0.3 is 0 Å². The first-order chi connectivity index (χ1) is 10.5. The van der Waals surface area contributed by atoms with Gasteiger partial charge in [0.15, 0.2) is 0 Å². The standard InChI is InChI=1S/C18H28N2O2/c1-18(2)11-6-7-14(13-18)19-12-10-17(21)20-15-8-4-5-9-16(15)22-3/h4-5,8-9,14,19H,6-7,10-13H2,1-3H3,(H,20,21). The van der Waals surface area contributed by atoms with E-state index in [0.717, 1.165) is 12.2 Å². The number of hydrogen-bond acceptors (Lipinski definition) is 3. The van der Waals surface area contributed by atoms with E-state index in [-0.39, 0.29) is 5.91 Å². The molecule has 4 nitrogen and oxygen atoms in total. The monoisotopic (exact) mass is 304 g/mol. The molecule has 2 N–H and O–H groups in total. The molecule has 122 valence electrons. The van der Waals surface area contributed by atoms with Gasteiger partial charge in [-0.05, 0) is 36.8 Å². The summed E-state index contributed by atoms with van der Waals surface area (Å²) in [7, 11) is 1.61. The maximum atomic E-state index is 12.0. The van der Waals surface area contributed by atoms with Gasteiger partial charge in [-0.25, -0.2) is 0 Å². The summed E-state index contributed by atoms with van der Waals surface area (Å²) < 4.78 is 5.24. The lowest BCUT2D eigenvalue weighted by Crippen LogP contribution is -2.38. The molecule has 1 aromatic rings. The van der Waals surface area contributed by atoms with Gasteiger partial charge in [0, 0.05) is 19.0 Å². The third-order valence-corrected chi connectivity index (χ3v) is 4.37. The fourth-order valence-corrected chi connectivity index (χ4v) is 3.22. The Labute approximate surface area is 133 Å². The van der Waals surface area contributed by atoms with Crippen LogP contribution in [-0.2, 0) is 4.79 Å². The number of hydrogen-bond donors (Lipinski definition) is 2. The summed E-state index contributed by atoms with van der Waals surface area (Å²) in [5.74, 6) is 0.713. The van der Waals surface area contributed by atoms with E-state index >= 15 is 0 Å². The number of para-hydroxylation sites is 2. The van der Waals surface area contributed by atoms with Crippen LogP contribution >= 0.6 is 0 Å². The first-order valence-corrected chi connectivity index (χ1v) is 8.16. The number of carbonyl (C=O) groups excluding carboxylic acids is 1. The molecule has 1 amide bonds. The third-order valence-electron chi connectivity index (χ3n) is 4.37. The van der Waals surface area contributed by atoms with Crippen molar-refractivity contribution in [3.63, 3.8) is 0 Å². The molecule has 0 bridgehead atoms. The second kappa shape index (κ2) is 7.63. The number of benzene rings is 1. The number of carbonyl (C=O) groups is 1. The highest BCUT2D eigenvalue weighted by atomic mass is 16.5. The maximum absolute atomic E-state index is 12.0. The predicted octanol–water partition coefficient (Wildman–Crippen LogP) is 3.58. The largest absolute Gasteiger partial charge is 0.495 e. The SMILES string of the molecule is COc1ccccc1NC(=O)CCNC1CCCC(C)(C)C1. The van der Waals surface area contributed by atoms with Gasteiger partial charge in [0.25, 0.3) is 0 Å². The van der Waals surface area contributed by atoms with Crippen LogP contribution in [0.3, 0.4) is 0 Å². The van der Waals surface area contributed by atoms with Gasteiger partial charge < -0.3 is 15.4 Å². The molecule has 0 spiro atoms. The van der Waals surface area contributed by atoms with Crippen molar-refractivity contribution in [1.29, 1.82) is 0 Å². The zero-order valence-electron chi connectivity index (χ0n) is 13.9. The van der Waals surface area contributed by atoms with Crippen molar-refractivity contribution >= 4 is 11.6 Å². The first kappa shape index (κ1) is 16.8. The second-order valence-corrected chi connectivity index (χ2v) is 6.91. The molecule has 1 aliphatic carbocycles. The Bertz CT molecular complexity index is 500. The van der Waals surface area contributed by atoms with E-state index in [4.69, 9.17) is 4.74 Å². The Morgan fingerprint density at radius 3 is 2.86 bits per heavy atom. The number of methoxy groups -OCH3 is 1. The van der Waals surface area contributed by atoms with E-state index in [2.05, 4.69) is 24.5 Å². The molecule has 0 aromatic heterocycles. The minimum absolute atomic E-state index is 0.0204. The molecule has 0 radical (unpaired) electrons. The molecule has 1 atom stereocenters. The topological polar surface area (TPSA) is 50.4 Å². The smallest absolute Gasteiger partial charge is 0.225 e.